The predicted octanol–water partition coefficient (Wildman–Crippen LogP) is 0.140. The van der Waals surface area contributed by atoms with E-state index in [2.05, 4.69) is 0 Å². The summed E-state index contributed by atoms with van der Waals surface area (Å²) in [6.45, 7) is 1.37. The first-order valence-electron chi connectivity index (χ1n) is 5.23. The van der Waals surface area contributed by atoms with Gasteiger partial charge in [0.15, 0.2) is 0 Å². The summed E-state index contributed by atoms with van der Waals surface area (Å²) in [4.78, 5) is 23.4. The maximum Gasteiger partial charge on any atom is 0.326 e. The highest BCUT2D eigenvalue weighted by atomic mass is 32.3. The minimum Gasteiger partial charge on any atom is -0.480 e. The van der Waals surface area contributed by atoms with Crippen LogP contribution in [0.5, 0.6) is 0 Å². The van der Waals surface area contributed by atoms with E-state index in [9.17, 15) is 21.9 Å². The quantitative estimate of drug-likeness (QED) is 0.715. The van der Waals surface area contributed by atoms with Crippen LogP contribution in [0.2, 0.25) is 0 Å². The van der Waals surface area contributed by atoms with Crippen LogP contribution >= 0.6 is 0 Å². The highest BCUT2D eigenvalue weighted by Gasteiger charge is 2.42. The highest BCUT2D eigenvalue weighted by Crippen LogP contribution is 2.23. The number of aliphatic carboxylic acids is 1. The minimum atomic E-state index is -4.80. The molecule has 17 heavy (non-hydrogen) atoms. The molecule has 8 heteroatoms. The van der Waals surface area contributed by atoms with Gasteiger partial charge in [0, 0.05) is 13.0 Å². The van der Waals surface area contributed by atoms with Gasteiger partial charge in [-0.25, -0.2) is 4.79 Å². The van der Waals surface area contributed by atoms with Crippen LogP contribution in [0.15, 0.2) is 0 Å². The maximum absolute atomic E-state index is 12.7. The van der Waals surface area contributed by atoms with Gasteiger partial charge in [-0.05, 0) is 6.42 Å². The normalized spacial score (nSPS) is 22.8. The highest BCUT2D eigenvalue weighted by molar-refractivity contribution is 7.87. The SMILES string of the molecule is CCC[C@@H](C(=O)O)N1CC(S(=O)(=O)F)CC1=O. The van der Waals surface area contributed by atoms with Crippen molar-refractivity contribution in [3.8, 4) is 0 Å². The lowest BCUT2D eigenvalue weighted by molar-refractivity contribution is -0.148. The Labute approximate surface area is 98.6 Å². The molecule has 1 N–H and O–H groups in total. The summed E-state index contributed by atoms with van der Waals surface area (Å²) in [5.74, 6) is -1.82. The molecular weight excluding hydrogens is 253 g/mol. The van der Waals surface area contributed by atoms with Gasteiger partial charge in [0.25, 0.3) is 0 Å². The maximum atomic E-state index is 12.7. The average molecular weight is 267 g/mol. The van der Waals surface area contributed by atoms with Gasteiger partial charge in [-0.3, -0.25) is 4.79 Å². The van der Waals surface area contributed by atoms with Crippen LogP contribution in [0.25, 0.3) is 0 Å². The molecule has 98 valence electrons. The first-order chi connectivity index (χ1) is 7.77. The molecule has 0 aromatic carbocycles. The molecule has 0 aromatic heterocycles. The number of nitrogens with zero attached hydrogens (tertiary/aromatic N) is 1. The zero-order valence-corrected chi connectivity index (χ0v) is 10.1. The number of rotatable bonds is 5. The van der Waals surface area contributed by atoms with Crippen LogP contribution in [0.4, 0.5) is 3.89 Å². The molecule has 0 saturated carbocycles. The Morgan fingerprint density at radius 1 is 1.65 bits per heavy atom. The van der Waals surface area contributed by atoms with Gasteiger partial charge in [-0.2, -0.15) is 8.42 Å². The van der Waals surface area contributed by atoms with Gasteiger partial charge in [0.2, 0.25) is 5.91 Å². The van der Waals surface area contributed by atoms with E-state index in [1.807, 2.05) is 0 Å². The summed E-state index contributed by atoms with van der Waals surface area (Å²) < 4.78 is 34.1. The lowest BCUT2D eigenvalue weighted by atomic mass is 10.1. The van der Waals surface area contributed by atoms with Crippen molar-refractivity contribution >= 4 is 22.1 Å². The van der Waals surface area contributed by atoms with E-state index >= 15 is 0 Å². The number of halogens is 1. The van der Waals surface area contributed by atoms with Crippen molar-refractivity contribution in [1.29, 1.82) is 0 Å². The number of hydrogen-bond donors (Lipinski definition) is 1. The van der Waals surface area contributed by atoms with Crippen molar-refractivity contribution in [1.82, 2.24) is 4.90 Å². The lowest BCUT2D eigenvalue weighted by Gasteiger charge is -2.23. The topological polar surface area (TPSA) is 91.8 Å². The third-order valence-electron chi connectivity index (χ3n) is 2.74. The molecule has 1 heterocycles. The van der Waals surface area contributed by atoms with Crippen LogP contribution in [0.1, 0.15) is 26.2 Å². The van der Waals surface area contributed by atoms with Crippen molar-refractivity contribution in [3.05, 3.63) is 0 Å². The average Bonchev–Trinajstić information content (AvgIpc) is 2.55. The van der Waals surface area contributed by atoms with Crippen LogP contribution in [-0.2, 0) is 19.8 Å². The fourth-order valence-corrected chi connectivity index (χ4v) is 2.55. The third kappa shape index (κ3) is 3.15. The van der Waals surface area contributed by atoms with E-state index in [0.717, 1.165) is 4.90 Å². The minimum absolute atomic E-state index is 0.222. The van der Waals surface area contributed by atoms with Crippen molar-refractivity contribution in [2.24, 2.45) is 0 Å². The molecule has 0 bridgehead atoms. The van der Waals surface area contributed by atoms with E-state index in [1.165, 1.54) is 0 Å². The predicted molar refractivity (Wildman–Crippen MR) is 56.5 cm³/mol. The van der Waals surface area contributed by atoms with Crippen LogP contribution in [-0.4, -0.2) is 48.1 Å². The number of hydrogen-bond acceptors (Lipinski definition) is 4. The zero-order valence-electron chi connectivity index (χ0n) is 9.30. The molecule has 1 unspecified atom stereocenters. The summed E-state index contributed by atoms with van der Waals surface area (Å²) in [7, 11) is -4.80. The van der Waals surface area contributed by atoms with Gasteiger partial charge < -0.3 is 10.0 Å². The Morgan fingerprint density at radius 2 is 2.24 bits per heavy atom. The second kappa shape index (κ2) is 4.99. The number of carbonyl (C=O) groups excluding carboxylic acids is 1. The Morgan fingerprint density at radius 3 is 2.59 bits per heavy atom. The van der Waals surface area contributed by atoms with Gasteiger partial charge in [-0.1, -0.05) is 13.3 Å². The summed E-state index contributed by atoms with van der Waals surface area (Å²) in [5, 5.41) is 7.50. The van der Waals surface area contributed by atoms with E-state index in [4.69, 9.17) is 5.11 Å². The standard InChI is InChI=1S/C9H14FNO5S/c1-2-3-7(9(13)14)11-5-6(4-8(11)12)17(10,15)16/h6-7H,2-5H2,1H3,(H,13,14)/t6?,7-/m0/s1. The van der Waals surface area contributed by atoms with E-state index in [-0.39, 0.29) is 13.0 Å². The first-order valence-corrected chi connectivity index (χ1v) is 6.67. The fraction of sp³-hybridized carbons (Fsp3) is 0.778. The zero-order chi connectivity index (χ0) is 13.2. The Bertz CT molecular complexity index is 421. The second-order valence-corrected chi connectivity index (χ2v) is 5.61. The van der Waals surface area contributed by atoms with Crippen LogP contribution < -0.4 is 0 Å². The molecule has 2 atom stereocenters. The second-order valence-electron chi connectivity index (χ2n) is 3.99. The van der Waals surface area contributed by atoms with Crippen molar-refractivity contribution in [2.75, 3.05) is 6.54 Å². The first kappa shape index (κ1) is 13.9. The molecule has 0 aliphatic carbocycles. The molecular formula is C9H14FNO5S. The molecule has 0 radical (unpaired) electrons. The number of carboxylic acids is 1. The molecule has 1 rings (SSSR count). The monoisotopic (exact) mass is 267 g/mol. The Kier molecular flexibility index (Phi) is 4.07. The van der Waals surface area contributed by atoms with Gasteiger partial charge in [-0.15, -0.1) is 3.89 Å². The fourth-order valence-electron chi connectivity index (χ4n) is 1.87. The van der Waals surface area contributed by atoms with Crippen molar-refractivity contribution in [2.45, 2.75) is 37.5 Å². The van der Waals surface area contributed by atoms with Crippen molar-refractivity contribution < 1.29 is 27.0 Å². The van der Waals surface area contributed by atoms with Gasteiger partial charge in [0.1, 0.15) is 11.3 Å². The third-order valence-corrected chi connectivity index (χ3v) is 3.86. The largest absolute Gasteiger partial charge is 0.480 e. The van der Waals surface area contributed by atoms with Crippen molar-refractivity contribution in [3.63, 3.8) is 0 Å². The molecule has 1 aliphatic heterocycles. The number of carbonyl (C=O) groups is 2. The Hall–Kier alpha value is -1.18. The van der Waals surface area contributed by atoms with E-state index in [1.54, 1.807) is 6.92 Å². The molecule has 0 spiro atoms. The smallest absolute Gasteiger partial charge is 0.326 e. The van der Waals surface area contributed by atoms with E-state index < -0.39 is 39.8 Å². The number of carboxylic acid groups (broad SMARTS) is 1. The number of likely N-dealkylation sites (tertiary alicyclic amines) is 1. The van der Waals surface area contributed by atoms with E-state index in [0.29, 0.717) is 6.42 Å². The molecule has 1 fully saturated rings. The molecule has 1 amide bonds. The summed E-state index contributed by atoms with van der Waals surface area (Å²) >= 11 is 0. The van der Waals surface area contributed by atoms with Crippen LogP contribution in [0.3, 0.4) is 0 Å². The molecule has 1 saturated heterocycles. The van der Waals surface area contributed by atoms with Crippen LogP contribution in [0, 0.1) is 0 Å². The number of amides is 1. The summed E-state index contributed by atoms with van der Waals surface area (Å²) in [6, 6.07) is -1.07. The van der Waals surface area contributed by atoms with Gasteiger partial charge in [0.05, 0.1) is 0 Å². The van der Waals surface area contributed by atoms with Gasteiger partial charge >= 0.3 is 16.2 Å². The Balaban J connectivity index is 2.85. The summed E-state index contributed by atoms with van der Waals surface area (Å²) in [6.07, 6.45) is 0.278. The molecule has 6 nitrogen and oxygen atoms in total. The molecule has 1 aliphatic rings. The molecule has 0 aromatic rings. The summed E-state index contributed by atoms with van der Waals surface area (Å²) in [5.41, 5.74) is 0. The lowest BCUT2D eigenvalue weighted by Crippen LogP contribution is -2.42.